The summed E-state index contributed by atoms with van der Waals surface area (Å²) in [5.41, 5.74) is -0.117. The zero-order valence-corrected chi connectivity index (χ0v) is 14.2. The van der Waals surface area contributed by atoms with E-state index < -0.39 is 24.3 Å². The molecule has 0 aromatic heterocycles. The van der Waals surface area contributed by atoms with Crippen LogP contribution in [0.4, 0.5) is 5.69 Å². The fourth-order valence-corrected chi connectivity index (χ4v) is 3.81. The Kier molecular flexibility index (Phi) is 7.19. The van der Waals surface area contributed by atoms with Crippen LogP contribution in [0.25, 0.3) is 0 Å². The molecule has 0 N–H and O–H groups in total. The summed E-state index contributed by atoms with van der Waals surface area (Å²) >= 11 is 0. The Morgan fingerprint density at radius 2 is 1.91 bits per heavy atom. The average molecular weight is 345 g/mol. The summed E-state index contributed by atoms with van der Waals surface area (Å²) < 4.78 is 28.7. The van der Waals surface area contributed by atoms with Gasteiger partial charge in [-0.25, -0.2) is 4.57 Å². The number of nitrogens with zero attached hydrogens (tertiary/aromatic N) is 1. The molecule has 0 aliphatic rings. The molecule has 0 saturated carbocycles. The van der Waals surface area contributed by atoms with Gasteiger partial charge in [0.25, 0.3) is 5.69 Å². The van der Waals surface area contributed by atoms with Crippen molar-refractivity contribution in [3.63, 3.8) is 0 Å². The number of nitro groups is 1. The Hall–Kier alpha value is -1.92. The molecule has 0 fully saturated rings. The van der Waals surface area contributed by atoms with Crippen LogP contribution in [0.2, 0.25) is 0 Å². The monoisotopic (exact) mass is 345 g/mol. The summed E-state index contributed by atoms with van der Waals surface area (Å²) in [5, 5.41) is 10.6. The second-order valence-electron chi connectivity index (χ2n) is 4.65. The largest absolute Gasteiger partial charge is 0.448 e. The maximum absolute atomic E-state index is 13.0. The number of nitro benzene ring substituents is 1. The number of rotatable bonds is 9. The van der Waals surface area contributed by atoms with Crippen LogP contribution in [0.5, 0.6) is 5.75 Å². The molecule has 0 saturated heterocycles. The first-order valence-corrected chi connectivity index (χ1v) is 8.79. The fourth-order valence-electron chi connectivity index (χ4n) is 1.84. The van der Waals surface area contributed by atoms with Gasteiger partial charge in [0.1, 0.15) is 5.75 Å². The van der Waals surface area contributed by atoms with Crippen molar-refractivity contribution >= 4 is 19.3 Å². The zero-order valence-electron chi connectivity index (χ0n) is 13.3. The van der Waals surface area contributed by atoms with Gasteiger partial charge in [-0.3, -0.25) is 19.4 Å². The molecule has 0 bridgehead atoms. The molecule has 0 heterocycles. The highest BCUT2D eigenvalue weighted by molar-refractivity contribution is 7.54. The number of ether oxygens (including phenoxy) is 1. The first-order valence-electron chi connectivity index (χ1n) is 7.18. The Balaban J connectivity index is 3.04. The van der Waals surface area contributed by atoms with Crippen LogP contribution in [-0.4, -0.2) is 23.3 Å². The summed E-state index contributed by atoms with van der Waals surface area (Å²) in [6, 6.07) is 5.10. The lowest BCUT2D eigenvalue weighted by Crippen LogP contribution is -2.21. The predicted molar refractivity (Wildman–Crippen MR) is 83.4 cm³/mol. The smallest absolute Gasteiger partial charge is 0.419 e. The minimum Gasteiger partial charge on any atom is -0.448 e. The van der Waals surface area contributed by atoms with E-state index >= 15 is 0 Å². The van der Waals surface area contributed by atoms with E-state index in [1.165, 1.54) is 31.2 Å². The van der Waals surface area contributed by atoms with Crippen LogP contribution in [0, 0.1) is 10.1 Å². The summed E-state index contributed by atoms with van der Waals surface area (Å²) in [6.07, 6.45) is 0.919. The van der Waals surface area contributed by atoms with Crippen LogP contribution >= 0.6 is 7.60 Å². The van der Waals surface area contributed by atoms with E-state index in [1.807, 2.05) is 6.92 Å². The van der Waals surface area contributed by atoms with Gasteiger partial charge in [0.15, 0.2) is 0 Å². The molecule has 1 aromatic rings. The zero-order chi connectivity index (χ0) is 17.5. The topological polar surface area (TPSA) is 105 Å². The number of hydrogen-bond acceptors (Lipinski definition) is 7. The molecule has 0 amide bonds. The molecule has 0 aliphatic heterocycles. The summed E-state index contributed by atoms with van der Waals surface area (Å²) in [5.74, 6) is -1.48. The molecule has 23 heavy (non-hydrogen) atoms. The van der Waals surface area contributed by atoms with E-state index in [-0.39, 0.29) is 18.0 Å². The number of carbonyl (C=O) groups excluding carboxylic acids is 1. The van der Waals surface area contributed by atoms with Gasteiger partial charge >= 0.3 is 13.6 Å². The first-order chi connectivity index (χ1) is 10.8. The quantitative estimate of drug-likeness (QED) is 0.289. The summed E-state index contributed by atoms with van der Waals surface area (Å²) in [7, 11) is -3.77. The Labute approximate surface area is 134 Å². The third kappa shape index (κ3) is 5.65. The molecule has 1 aromatic carbocycles. The third-order valence-corrected chi connectivity index (χ3v) is 4.93. The number of benzene rings is 1. The van der Waals surface area contributed by atoms with E-state index in [9.17, 15) is 19.5 Å². The molecule has 0 aliphatic carbocycles. The SMILES string of the molecule is CCC[C@H](OC(C)=O)[P@@](=O)(OCC)Oc1ccc([N+](=O)[O-])cc1. The Morgan fingerprint density at radius 1 is 1.30 bits per heavy atom. The minimum absolute atomic E-state index is 0.103. The highest BCUT2D eigenvalue weighted by Crippen LogP contribution is 2.54. The normalized spacial score (nSPS) is 14.6. The van der Waals surface area contributed by atoms with Crippen molar-refractivity contribution in [3.05, 3.63) is 34.4 Å². The molecule has 0 spiro atoms. The van der Waals surface area contributed by atoms with E-state index in [2.05, 4.69) is 0 Å². The lowest BCUT2D eigenvalue weighted by Gasteiger charge is -2.26. The van der Waals surface area contributed by atoms with Crippen molar-refractivity contribution in [3.8, 4) is 5.75 Å². The highest BCUT2D eigenvalue weighted by atomic mass is 31.2. The molecule has 128 valence electrons. The lowest BCUT2D eigenvalue weighted by atomic mass is 10.3. The maximum atomic E-state index is 13.0. The van der Waals surface area contributed by atoms with Gasteiger partial charge in [-0.1, -0.05) is 13.3 Å². The first kappa shape index (κ1) is 19.1. The second-order valence-corrected chi connectivity index (χ2v) is 6.75. The van der Waals surface area contributed by atoms with E-state index in [0.717, 1.165) is 0 Å². The van der Waals surface area contributed by atoms with Gasteiger partial charge in [-0.15, -0.1) is 0 Å². The van der Waals surface area contributed by atoms with E-state index in [4.69, 9.17) is 13.8 Å². The predicted octanol–water partition coefficient (Wildman–Crippen LogP) is 3.89. The molecule has 8 nitrogen and oxygen atoms in total. The maximum Gasteiger partial charge on any atom is 0.419 e. The minimum atomic E-state index is -3.77. The molecule has 0 radical (unpaired) electrons. The molecule has 1 rings (SSSR count). The highest BCUT2D eigenvalue weighted by Gasteiger charge is 2.39. The Morgan fingerprint density at radius 3 is 2.35 bits per heavy atom. The van der Waals surface area contributed by atoms with E-state index in [1.54, 1.807) is 6.92 Å². The van der Waals surface area contributed by atoms with Gasteiger partial charge in [-0.2, -0.15) is 0 Å². The number of carbonyl (C=O) groups is 1. The molecular weight excluding hydrogens is 325 g/mol. The number of non-ortho nitro benzene ring substituents is 1. The van der Waals surface area contributed by atoms with E-state index in [0.29, 0.717) is 12.8 Å². The van der Waals surface area contributed by atoms with Crippen molar-refractivity contribution in [1.29, 1.82) is 0 Å². The molecule has 9 heteroatoms. The van der Waals surface area contributed by atoms with Crippen molar-refractivity contribution in [2.24, 2.45) is 0 Å². The van der Waals surface area contributed by atoms with Gasteiger partial charge in [0, 0.05) is 19.1 Å². The summed E-state index contributed by atoms with van der Waals surface area (Å²) in [6.45, 7) is 4.80. The standard InChI is InChI=1S/C14H20NO7P/c1-4-6-14(21-11(3)16)23(19,20-5-2)22-13-9-7-12(8-10-13)15(17)18/h7-10,14H,4-6H2,1-3H3/t14-,23-/m1/s1. The fraction of sp³-hybridized carbons (Fsp3) is 0.500. The van der Waals surface area contributed by atoms with Crippen LogP contribution in [-0.2, 0) is 18.6 Å². The van der Waals surface area contributed by atoms with Gasteiger partial charge < -0.3 is 9.26 Å². The van der Waals surface area contributed by atoms with Gasteiger partial charge in [-0.05, 0) is 25.5 Å². The van der Waals surface area contributed by atoms with Crippen LogP contribution in [0.15, 0.2) is 24.3 Å². The van der Waals surface area contributed by atoms with Crippen LogP contribution in [0.1, 0.15) is 33.6 Å². The molecule has 0 unspecified atom stereocenters. The van der Waals surface area contributed by atoms with Gasteiger partial charge in [0.2, 0.25) is 5.85 Å². The van der Waals surface area contributed by atoms with Crippen molar-refractivity contribution in [2.75, 3.05) is 6.61 Å². The molecular formula is C14H20NO7P. The second kappa shape index (κ2) is 8.64. The third-order valence-electron chi connectivity index (χ3n) is 2.78. The average Bonchev–Trinajstić information content (AvgIpc) is 2.47. The van der Waals surface area contributed by atoms with Crippen LogP contribution in [0.3, 0.4) is 0 Å². The Bertz CT molecular complexity index is 587. The number of esters is 1. The number of hydrogen-bond donors (Lipinski definition) is 0. The van der Waals surface area contributed by atoms with Crippen molar-refractivity contribution < 1.29 is 28.1 Å². The summed E-state index contributed by atoms with van der Waals surface area (Å²) in [4.78, 5) is 21.3. The van der Waals surface area contributed by atoms with Crippen LogP contribution < -0.4 is 4.52 Å². The molecule has 2 atom stereocenters. The van der Waals surface area contributed by atoms with Crippen molar-refractivity contribution in [1.82, 2.24) is 0 Å². The van der Waals surface area contributed by atoms with Gasteiger partial charge in [0.05, 0.1) is 11.5 Å². The van der Waals surface area contributed by atoms with Crippen molar-refractivity contribution in [2.45, 2.75) is 39.5 Å². The lowest BCUT2D eigenvalue weighted by molar-refractivity contribution is -0.384.